The summed E-state index contributed by atoms with van der Waals surface area (Å²) in [5.41, 5.74) is 0. The fraction of sp³-hybridized carbons (Fsp3) is 0.615. The van der Waals surface area contributed by atoms with Crippen molar-refractivity contribution in [3.05, 3.63) is 6.92 Å². The molecule has 119 valence electrons. The van der Waals surface area contributed by atoms with Crippen LogP contribution in [-0.4, -0.2) is 48.8 Å². The molecule has 0 aromatic rings. The number of rotatable bonds is 7. The zero-order valence-corrected chi connectivity index (χ0v) is 12.4. The second-order valence-electron chi connectivity index (χ2n) is 4.17. The van der Waals surface area contributed by atoms with E-state index in [0.29, 0.717) is 0 Å². The smallest absolute Gasteiger partial charge is 0.303 e. The maximum absolute atomic E-state index is 11.1. The molecule has 0 aliphatic carbocycles. The van der Waals surface area contributed by atoms with Crippen molar-refractivity contribution in [3.63, 3.8) is 0 Å². The molecule has 3 unspecified atom stereocenters. The first-order valence-corrected chi connectivity index (χ1v) is 6.11. The van der Waals surface area contributed by atoms with Gasteiger partial charge in [-0.05, 0) is 6.92 Å². The summed E-state index contributed by atoms with van der Waals surface area (Å²) >= 11 is 0. The highest BCUT2D eigenvalue weighted by Gasteiger charge is 2.35. The lowest BCUT2D eigenvalue weighted by atomic mass is 10.1. The molecule has 0 aromatic heterocycles. The summed E-state index contributed by atoms with van der Waals surface area (Å²) in [5.74, 6) is -2.64. The summed E-state index contributed by atoms with van der Waals surface area (Å²) in [6, 6.07) is 0. The second kappa shape index (κ2) is 8.93. The summed E-state index contributed by atoms with van der Waals surface area (Å²) < 4.78 is 19.5. The minimum Gasteiger partial charge on any atom is -0.462 e. The summed E-state index contributed by atoms with van der Waals surface area (Å²) in [6.45, 7) is 7.75. The van der Waals surface area contributed by atoms with Gasteiger partial charge in [0.2, 0.25) is 0 Å². The fourth-order valence-corrected chi connectivity index (χ4v) is 1.47. The van der Waals surface area contributed by atoms with E-state index in [1.165, 1.54) is 6.92 Å². The van der Waals surface area contributed by atoms with E-state index in [-0.39, 0.29) is 6.61 Å². The van der Waals surface area contributed by atoms with E-state index in [4.69, 9.17) is 18.9 Å². The highest BCUT2D eigenvalue weighted by molar-refractivity contribution is 5.68. The van der Waals surface area contributed by atoms with Crippen LogP contribution >= 0.6 is 0 Å². The maximum Gasteiger partial charge on any atom is 0.303 e. The lowest BCUT2D eigenvalue weighted by molar-refractivity contribution is -0.185. The third kappa shape index (κ3) is 8.61. The van der Waals surface area contributed by atoms with Gasteiger partial charge < -0.3 is 18.9 Å². The van der Waals surface area contributed by atoms with Gasteiger partial charge in [0, 0.05) is 27.7 Å². The normalized spacial score (nSPS) is 14.3. The van der Waals surface area contributed by atoms with Crippen molar-refractivity contribution in [2.75, 3.05) is 6.61 Å². The zero-order valence-electron chi connectivity index (χ0n) is 12.4. The minimum absolute atomic E-state index is 0.361. The van der Waals surface area contributed by atoms with Crippen LogP contribution in [0.5, 0.6) is 0 Å². The molecule has 0 aromatic carbocycles. The van der Waals surface area contributed by atoms with Crippen LogP contribution in [0, 0.1) is 6.92 Å². The SMILES string of the molecule is [CH2]C(OC(C)=O)C(OC(C)=O)C(COC(C)=O)OC(C)=O. The van der Waals surface area contributed by atoms with Crippen LogP contribution < -0.4 is 0 Å². The van der Waals surface area contributed by atoms with Gasteiger partial charge in [-0.1, -0.05) is 0 Å². The van der Waals surface area contributed by atoms with E-state index in [0.717, 1.165) is 20.8 Å². The highest BCUT2D eigenvalue weighted by atomic mass is 16.6. The quantitative estimate of drug-likeness (QED) is 0.484. The summed E-state index contributed by atoms with van der Waals surface area (Å²) in [6.07, 6.45) is -3.47. The largest absolute Gasteiger partial charge is 0.462 e. The Kier molecular flexibility index (Phi) is 8.03. The van der Waals surface area contributed by atoms with Crippen molar-refractivity contribution in [3.8, 4) is 0 Å². The van der Waals surface area contributed by atoms with Crippen molar-refractivity contribution < 1.29 is 38.1 Å². The third-order valence-corrected chi connectivity index (χ3v) is 2.12. The Labute approximate surface area is 122 Å². The Morgan fingerprint density at radius 2 is 1.29 bits per heavy atom. The molecule has 3 atom stereocenters. The molecular weight excluding hydrogens is 284 g/mol. The van der Waals surface area contributed by atoms with Crippen LogP contribution in [0.3, 0.4) is 0 Å². The number of carbonyl (C=O) groups is 4. The number of hydrogen-bond acceptors (Lipinski definition) is 8. The van der Waals surface area contributed by atoms with Crippen molar-refractivity contribution in [1.29, 1.82) is 0 Å². The molecule has 1 radical (unpaired) electrons. The van der Waals surface area contributed by atoms with Gasteiger partial charge >= 0.3 is 23.9 Å². The molecule has 0 aliphatic rings. The Bertz CT molecular complexity index is 403. The van der Waals surface area contributed by atoms with Gasteiger partial charge in [-0.3, -0.25) is 19.2 Å². The molecule has 0 saturated carbocycles. The van der Waals surface area contributed by atoms with Gasteiger partial charge in [-0.15, -0.1) is 0 Å². The van der Waals surface area contributed by atoms with E-state index in [2.05, 4.69) is 6.92 Å². The first-order chi connectivity index (χ1) is 9.63. The molecule has 8 nitrogen and oxygen atoms in total. The van der Waals surface area contributed by atoms with Crippen LogP contribution in [0.15, 0.2) is 0 Å². The Hall–Kier alpha value is -2.12. The Morgan fingerprint density at radius 3 is 1.67 bits per heavy atom. The van der Waals surface area contributed by atoms with Crippen molar-refractivity contribution in [2.45, 2.75) is 46.0 Å². The zero-order chi connectivity index (χ0) is 16.6. The summed E-state index contributed by atoms with van der Waals surface area (Å²) in [4.78, 5) is 44.1. The topological polar surface area (TPSA) is 105 Å². The van der Waals surface area contributed by atoms with Crippen molar-refractivity contribution in [2.24, 2.45) is 0 Å². The number of carbonyl (C=O) groups excluding carboxylic acids is 4. The third-order valence-electron chi connectivity index (χ3n) is 2.12. The number of ether oxygens (including phenoxy) is 4. The molecule has 8 heteroatoms. The predicted octanol–water partition coefficient (Wildman–Crippen LogP) is 0.179. The van der Waals surface area contributed by atoms with Gasteiger partial charge in [-0.2, -0.15) is 0 Å². The average molecular weight is 303 g/mol. The van der Waals surface area contributed by atoms with Crippen LogP contribution in [0.2, 0.25) is 0 Å². The molecule has 0 spiro atoms. The van der Waals surface area contributed by atoms with Gasteiger partial charge in [0.15, 0.2) is 12.2 Å². The molecule has 0 rings (SSSR count). The standard InChI is InChI=1S/C13H19O8/c1-7(19-9(3)15)13(21-11(5)17)12(20-10(4)16)6-18-8(2)14/h7,12-13H,1,6H2,2-5H3. The predicted molar refractivity (Wildman–Crippen MR) is 68.7 cm³/mol. The lowest BCUT2D eigenvalue weighted by Gasteiger charge is -2.29. The Balaban J connectivity index is 5.12. The minimum atomic E-state index is -1.20. The molecule has 0 bridgehead atoms. The fourth-order valence-electron chi connectivity index (χ4n) is 1.47. The van der Waals surface area contributed by atoms with E-state index in [1.807, 2.05) is 0 Å². The summed E-state index contributed by atoms with van der Waals surface area (Å²) in [7, 11) is 0. The van der Waals surface area contributed by atoms with E-state index >= 15 is 0 Å². The van der Waals surface area contributed by atoms with E-state index in [9.17, 15) is 19.2 Å². The van der Waals surface area contributed by atoms with Gasteiger partial charge in [0.1, 0.15) is 12.7 Å². The van der Waals surface area contributed by atoms with Crippen LogP contribution in [0.25, 0.3) is 0 Å². The molecule has 0 heterocycles. The number of esters is 4. The molecule has 0 aliphatic heterocycles. The van der Waals surface area contributed by atoms with Crippen molar-refractivity contribution >= 4 is 23.9 Å². The monoisotopic (exact) mass is 303 g/mol. The van der Waals surface area contributed by atoms with Crippen molar-refractivity contribution in [1.82, 2.24) is 0 Å². The molecule has 0 amide bonds. The molecule has 0 saturated heterocycles. The molecule has 21 heavy (non-hydrogen) atoms. The molecule has 0 fully saturated rings. The maximum atomic E-state index is 11.1. The van der Waals surface area contributed by atoms with E-state index < -0.39 is 42.2 Å². The highest BCUT2D eigenvalue weighted by Crippen LogP contribution is 2.14. The van der Waals surface area contributed by atoms with Gasteiger partial charge in [-0.25, -0.2) is 0 Å². The van der Waals surface area contributed by atoms with Gasteiger partial charge in [0.05, 0.1) is 0 Å². The Morgan fingerprint density at radius 1 is 0.810 bits per heavy atom. The first-order valence-electron chi connectivity index (χ1n) is 6.11. The lowest BCUT2D eigenvalue weighted by Crippen LogP contribution is -2.46. The second-order valence-corrected chi connectivity index (χ2v) is 4.17. The van der Waals surface area contributed by atoms with E-state index in [1.54, 1.807) is 0 Å². The first kappa shape index (κ1) is 18.9. The number of hydrogen-bond donors (Lipinski definition) is 0. The van der Waals surface area contributed by atoms with Gasteiger partial charge in [0.25, 0.3) is 0 Å². The molecule has 0 N–H and O–H groups in total. The van der Waals surface area contributed by atoms with Crippen LogP contribution in [0.1, 0.15) is 27.7 Å². The average Bonchev–Trinajstić information content (AvgIpc) is 2.29. The summed E-state index contributed by atoms with van der Waals surface area (Å²) in [5, 5.41) is 0. The van der Waals surface area contributed by atoms with Crippen LogP contribution in [0.4, 0.5) is 0 Å². The van der Waals surface area contributed by atoms with Crippen LogP contribution in [-0.2, 0) is 38.1 Å². The molecular formula is C13H19O8.